The van der Waals surface area contributed by atoms with Gasteiger partial charge in [-0.05, 0) is 67.6 Å². The van der Waals surface area contributed by atoms with Crippen LogP contribution in [0.4, 0.5) is 17.2 Å². The molecule has 5 amide bonds. The van der Waals surface area contributed by atoms with E-state index in [9.17, 15) is 24.0 Å². The van der Waals surface area contributed by atoms with Crippen molar-refractivity contribution < 1.29 is 33.4 Å². The summed E-state index contributed by atoms with van der Waals surface area (Å²) in [4.78, 5) is 77.5. The maximum Gasteiger partial charge on any atom is 0.278 e. The number of carbonyl (C=O) groups excluding carboxylic acids is 5. The van der Waals surface area contributed by atoms with Crippen molar-refractivity contribution in [3.8, 4) is 17.0 Å². The van der Waals surface area contributed by atoms with Gasteiger partial charge in [0.15, 0.2) is 18.1 Å². The number of unbranched alkanes of at least 4 members (excludes halogenated alkanes) is 2. The van der Waals surface area contributed by atoms with E-state index in [-0.39, 0.29) is 48.2 Å². The highest BCUT2D eigenvalue weighted by molar-refractivity contribution is 6.12. The van der Waals surface area contributed by atoms with E-state index in [1.54, 1.807) is 43.6 Å². The number of aromatic nitrogens is 3. The molecular weight excluding hydrogens is 757 g/mol. The van der Waals surface area contributed by atoms with Crippen molar-refractivity contribution in [1.29, 1.82) is 0 Å². The number of nitrogens with one attached hydrogen (secondary N) is 3. The molecule has 2 aliphatic rings. The first-order chi connectivity index (χ1) is 28.6. The van der Waals surface area contributed by atoms with Crippen LogP contribution in [0.3, 0.4) is 0 Å². The van der Waals surface area contributed by atoms with Gasteiger partial charge in [0.1, 0.15) is 5.75 Å². The molecule has 0 saturated carbocycles. The lowest BCUT2D eigenvalue weighted by atomic mass is 10.1. The summed E-state index contributed by atoms with van der Waals surface area (Å²) in [7, 11) is 0. The molecule has 59 heavy (non-hydrogen) atoms. The highest BCUT2D eigenvalue weighted by Gasteiger charge is 2.23. The molecule has 0 atom stereocenters. The van der Waals surface area contributed by atoms with Gasteiger partial charge in [0.05, 0.1) is 48.4 Å². The number of morpholine rings is 1. The van der Waals surface area contributed by atoms with Crippen LogP contribution in [0.15, 0.2) is 90.4 Å². The number of pyridine rings is 1. The number of nitrogen functional groups attached to an aromatic ring is 1. The third-order valence-corrected chi connectivity index (χ3v) is 9.58. The number of hydrogen-bond donors (Lipinski definition) is 4. The zero-order chi connectivity index (χ0) is 41.6. The molecule has 0 bridgehead atoms. The van der Waals surface area contributed by atoms with Crippen LogP contribution in [0, 0.1) is 0 Å². The predicted octanol–water partition coefficient (Wildman–Crippen LogP) is 3.27. The molecule has 2 aromatic carbocycles. The number of hydrogen-bond acceptors (Lipinski definition) is 13. The molecular formula is C42H46N10O7. The minimum absolute atomic E-state index is 0.00225. The Balaban J connectivity index is 0.893. The van der Waals surface area contributed by atoms with E-state index in [0.29, 0.717) is 87.9 Å². The number of benzene rings is 2. The van der Waals surface area contributed by atoms with Gasteiger partial charge in [-0.1, -0.05) is 30.7 Å². The van der Waals surface area contributed by atoms with E-state index in [2.05, 4.69) is 41.0 Å². The predicted molar refractivity (Wildman–Crippen MR) is 220 cm³/mol. The van der Waals surface area contributed by atoms with E-state index in [1.165, 1.54) is 23.2 Å². The molecule has 17 nitrogen and oxygen atoms in total. The molecule has 1 saturated heterocycles. The molecule has 2 aliphatic heterocycles. The molecule has 6 rings (SSSR count). The highest BCUT2D eigenvalue weighted by Crippen LogP contribution is 2.27. The second-order valence-electron chi connectivity index (χ2n) is 13.7. The summed E-state index contributed by atoms with van der Waals surface area (Å²) in [6.45, 7) is 4.93. The lowest BCUT2D eigenvalue weighted by Gasteiger charge is -2.30. The topological polar surface area (TPSA) is 223 Å². The molecule has 0 aliphatic carbocycles. The Labute approximate surface area is 341 Å². The van der Waals surface area contributed by atoms with Crippen molar-refractivity contribution >= 4 is 52.4 Å². The first kappa shape index (κ1) is 41.6. The summed E-state index contributed by atoms with van der Waals surface area (Å²) < 4.78 is 11.1. The zero-order valence-corrected chi connectivity index (χ0v) is 32.7. The smallest absolute Gasteiger partial charge is 0.278 e. The number of ether oxygens (including phenoxy) is 2. The molecule has 0 spiro atoms. The van der Waals surface area contributed by atoms with Crippen molar-refractivity contribution in [2.75, 3.05) is 62.0 Å². The second-order valence-corrected chi connectivity index (χ2v) is 13.7. The van der Waals surface area contributed by atoms with E-state index in [4.69, 9.17) is 15.2 Å². The highest BCUT2D eigenvalue weighted by atomic mass is 16.5. The van der Waals surface area contributed by atoms with E-state index in [1.807, 2.05) is 30.3 Å². The van der Waals surface area contributed by atoms with E-state index >= 15 is 0 Å². The van der Waals surface area contributed by atoms with Crippen LogP contribution in [-0.2, 0) is 30.3 Å². The molecule has 5 N–H and O–H groups in total. The van der Waals surface area contributed by atoms with Crippen molar-refractivity contribution in [3.63, 3.8) is 0 Å². The summed E-state index contributed by atoms with van der Waals surface area (Å²) >= 11 is 0. The Bertz CT molecular complexity index is 2190. The van der Waals surface area contributed by atoms with Gasteiger partial charge in [0.25, 0.3) is 23.6 Å². The Hall–Kier alpha value is -7.01. The Morgan fingerprint density at radius 2 is 1.66 bits per heavy atom. The normalized spacial score (nSPS) is 14.0. The number of anilines is 3. The quantitative estimate of drug-likeness (QED) is 0.0493. The fourth-order valence-electron chi connectivity index (χ4n) is 6.28. The first-order valence-corrected chi connectivity index (χ1v) is 19.3. The Kier molecular flexibility index (Phi) is 14.4. The lowest BCUT2D eigenvalue weighted by Crippen LogP contribution is -2.36. The summed E-state index contributed by atoms with van der Waals surface area (Å²) in [6, 6.07) is 16.4. The van der Waals surface area contributed by atoms with Crippen LogP contribution < -0.4 is 31.4 Å². The Morgan fingerprint density at radius 3 is 2.41 bits per heavy atom. The van der Waals surface area contributed by atoms with Gasteiger partial charge in [0, 0.05) is 56.5 Å². The van der Waals surface area contributed by atoms with Crippen LogP contribution in [-0.4, -0.2) is 101 Å². The van der Waals surface area contributed by atoms with Crippen LogP contribution in [0.5, 0.6) is 5.75 Å². The van der Waals surface area contributed by atoms with Gasteiger partial charge in [-0.15, -0.1) is 0 Å². The number of imide groups is 1. The standard InChI is InChI=1S/C42H46N10O7/c1-28(49-50-36(53)5-3-2-4-20-52-38(55)14-15-39(52)56)30-10-12-32(13-11-30)59-27-37(54)45-19-16-29-6-8-31(9-7-29)33-26-46-41(43)40(47-33)42(57)48-34-25-44-18-17-35(34)51-21-23-58-24-22-51/h6-15,17-18,25-26H,2-5,16,19-24,27H2,1H3,(H2,43,46)(H,45,54)(H,48,57)(H,50,53)/b49-28-. The van der Waals surface area contributed by atoms with Gasteiger partial charge in [0.2, 0.25) is 5.91 Å². The van der Waals surface area contributed by atoms with Crippen molar-refractivity contribution in [2.45, 2.75) is 39.0 Å². The van der Waals surface area contributed by atoms with Gasteiger partial charge < -0.3 is 30.7 Å². The molecule has 0 radical (unpaired) electrons. The van der Waals surface area contributed by atoms with Gasteiger partial charge >= 0.3 is 0 Å². The fraction of sp³-hybridized carbons (Fsp3) is 0.310. The average molecular weight is 803 g/mol. The van der Waals surface area contributed by atoms with Crippen LogP contribution in [0.1, 0.15) is 54.2 Å². The molecule has 4 aromatic rings. The maximum absolute atomic E-state index is 13.3. The second kappa shape index (κ2) is 20.4. The number of amides is 5. The summed E-state index contributed by atoms with van der Waals surface area (Å²) in [6.07, 6.45) is 10.1. The summed E-state index contributed by atoms with van der Waals surface area (Å²) in [5.74, 6) is -1.09. The average Bonchev–Trinajstić information content (AvgIpc) is 3.58. The summed E-state index contributed by atoms with van der Waals surface area (Å²) in [5, 5.41) is 9.93. The molecule has 4 heterocycles. The third-order valence-electron chi connectivity index (χ3n) is 9.58. The molecule has 0 unspecified atom stereocenters. The number of carbonyl (C=O) groups is 5. The Morgan fingerprint density at radius 1 is 0.915 bits per heavy atom. The number of hydrazone groups is 1. The summed E-state index contributed by atoms with van der Waals surface area (Å²) in [5.41, 5.74) is 13.6. The van der Waals surface area contributed by atoms with Gasteiger partial charge in [-0.25, -0.2) is 15.4 Å². The van der Waals surface area contributed by atoms with Crippen molar-refractivity contribution in [2.24, 2.45) is 5.10 Å². The molecule has 2 aromatic heterocycles. The van der Waals surface area contributed by atoms with E-state index < -0.39 is 5.91 Å². The van der Waals surface area contributed by atoms with Crippen molar-refractivity contribution in [3.05, 3.63) is 102 Å². The number of nitrogens with two attached hydrogens (primary N) is 1. The lowest BCUT2D eigenvalue weighted by molar-refractivity contribution is -0.137. The minimum atomic E-state index is -0.496. The first-order valence-electron chi connectivity index (χ1n) is 19.3. The van der Waals surface area contributed by atoms with Crippen LogP contribution >= 0.6 is 0 Å². The fourth-order valence-corrected chi connectivity index (χ4v) is 6.28. The molecule has 17 heteroatoms. The van der Waals surface area contributed by atoms with Gasteiger partial charge in [-0.2, -0.15) is 5.10 Å². The minimum Gasteiger partial charge on any atom is -0.484 e. The van der Waals surface area contributed by atoms with Crippen molar-refractivity contribution in [1.82, 2.24) is 30.6 Å². The molecule has 1 fully saturated rings. The molecule has 306 valence electrons. The monoisotopic (exact) mass is 802 g/mol. The third kappa shape index (κ3) is 11.8. The largest absolute Gasteiger partial charge is 0.484 e. The van der Waals surface area contributed by atoms with Gasteiger partial charge in [-0.3, -0.25) is 33.9 Å². The van der Waals surface area contributed by atoms with E-state index in [0.717, 1.165) is 22.4 Å². The van der Waals surface area contributed by atoms with Crippen LogP contribution in [0.25, 0.3) is 11.3 Å². The SMILES string of the molecule is C/C(=N/NC(=O)CCCCCN1C(=O)C=CC1=O)c1ccc(OCC(=O)NCCc2ccc(-c3cnc(N)c(C(=O)Nc4cnccc4N4CCOCC4)n3)cc2)cc1. The number of nitrogens with zero attached hydrogens (tertiary/aromatic N) is 6. The van der Waals surface area contributed by atoms with Crippen LogP contribution in [0.2, 0.25) is 0 Å². The zero-order valence-electron chi connectivity index (χ0n) is 32.7. The number of rotatable bonds is 18. The maximum atomic E-state index is 13.3.